The lowest BCUT2D eigenvalue weighted by atomic mass is 10.2. The highest BCUT2D eigenvalue weighted by Crippen LogP contribution is 2.06. The molecule has 0 aromatic carbocycles. The van der Waals surface area contributed by atoms with Gasteiger partial charge >= 0.3 is 6.09 Å². The third-order valence-corrected chi connectivity index (χ3v) is 1.75. The number of alkyl carbamates (subject to hydrolysis) is 1. The first-order valence-electron chi connectivity index (χ1n) is 6.10. The first kappa shape index (κ1) is 17.2. The van der Waals surface area contributed by atoms with E-state index in [0.717, 1.165) is 6.54 Å². The number of rotatable bonds is 6. The molecule has 0 spiro atoms. The normalized spacial score (nSPS) is 13.2. The van der Waals surface area contributed by atoms with Crippen LogP contribution in [0, 0.1) is 0 Å². The Labute approximate surface area is 114 Å². The average molecular weight is 268 g/mol. The summed E-state index contributed by atoms with van der Waals surface area (Å²) in [7, 11) is 1.87. The van der Waals surface area contributed by atoms with Crippen LogP contribution in [0.3, 0.4) is 0 Å². The molecule has 0 atom stereocenters. The molecule has 0 aliphatic heterocycles. The van der Waals surface area contributed by atoms with Crippen molar-refractivity contribution in [1.29, 1.82) is 0 Å². The fourth-order valence-corrected chi connectivity index (χ4v) is 1.03. The second-order valence-electron chi connectivity index (χ2n) is 4.77. The predicted octanol–water partition coefficient (Wildman–Crippen LogP) is 1.16. The van der Waals surface area contributed by atoms with Gasteiger partial charge in [0.25, 0.3) is 0 Å². The fraction of sp³-hybridized carbons (Fsp3) is 0.538. The number of hydrogen-bond donors (Lipinski definition) is 3. The van der Waals surface area contributed by atoms with E-state index in [2.05, 4.69) is 15.6 Å². The van der Waals surface area contributed by atoms with Crippen molar-refractivity contribution in [3.63, 3.8) is 0 Å². The molecule has 0 aromatic rings. The molecule has 0 heterocycles. The van der Waals surface area contributed by atoms with Crippen molar-refractivity contribution in [1.82, 2.24) is 10.6 Å². The maximum atomic E-state index is 11.5. The zero-order chi connectivity index (χ0) is 14.7. The van der Waals surface area contributed by atoms with E-state index < -0.39 is 11.7 Å². The summed E-state index contributed by atoms with van der Waals surface area (Å²) < 4.78 is 5.10. The van der Waals surface area contributed by atoms with Gasteiger partial charge in [-0.2, -0.15) is 0 Å². The van der Waals surface area contributed by atoms with Gasteiger partial charge in [-0.25, -0.2) is 4.79 Å². The standard InChI is InChI=1S/C13H24N4O2/c1-13(2,3)19-12(18)17-11(9-14)10-16-8-6-5-7-15-4/h5-6,9-10,15H,7-8,14H2,1-4H3,(H,17,18)/b6-5+,11-9+,16-10?. The molecular weight excluding hydrogens is 244 g/mol. The van der Waals surface area contributed by atoms with Gasteiger partial charge < -0.3 is 15.8 Å². The summed E-state index contributed by atoms with van der Waals surface area (Å²) >= 11 is 0. The summed E-state index contributed by atoms with van der Waals surface area (Å²) in [6.07, 6.45) is 6.08. The third kappa shape index (κ3) is 11.0. The number of ether oxygens (including phenoxy) is 1. The molecule has 4 N–H and O–H groups in total. The minimum atomic E-state index is -0.554. The highest BCUT2D eigenvalue weighted by atomic mass is 16.6. The van der Waals surface area contributed by atoms with Crippen LogP contribution in [0.15, 0.2) is 29.0 Å². The third-order valence-electron chi connectivity index (χ3n) is 1.75. The van der Waals surface area contributed by atoms with Crippen LogP contribution in [-0.2, 0) is 4.74 Å². The van der Waals surface area contributed by atoms with E-state index in [1.54, 1.807) is 20.8 Å². The van der Waals surface area contributed by atoms with Crippen LogP contribution in [0.1, 0.15) is 20.8 Å². The zero-order valence-corrected chi connectivity index (χ0v) is 12.1. The highest BCUT2D eigenvalue weighted by molar-refractivity contribution is 5.84. The first-order valence-corrected chi connectivity index (χ1v) is 6.10. The summed E-state index contributed by atoms with van der Waals surface area (Å²) in [4.78, 5) is 15.6. The molecule has 6 nitrogen and oxygen atoms in total. The fourth-order valence-electron chi connectivity index (χ4n) is 1.03. The summed E-state index contributed by atoms with van der Waals surface area (Å²) in [5, 5.41) is 5.50. The maximum absolute atomic E-state index is 11.5. The van der Waals surface area contributed by atoms with Crippen LogP contribution in [0.4, 0.5) is 4.79 Å². The number of nitrogens with two attached hydrogens (primary N) is 1. The molecule has 0 bridgehead atoms. The monoisotopic (exact) mass is 268 g/mol. The summed E-state index contributed by atoms with van der Waals surface area (Å²) in [6, 6.07) is 0. The molecule has 0 saturated carbocycles. The average Bonchev–Trinajstić information content (AvgIpc) is 2.29. The number of amides is 1. The quantitative estimate of drug-likeness (QED) is 0.498. The van der Waals surface area contributed by atoms with Crippen molar-refractivity contribution in [3.05, 3.63) is 24.0 Å². The van der Waals surface area contributed by atoms with Crippen molar-refractivity contribution in [2.24, 2.45) is 10.7 Å². The van der Waals surface area contributed by atoms with Crippen molar-refractivity contribution in [2.45, 2.75) is 26.4 Å². The Morgan fingerprint density at radius 3 is 2.58 bits per heavy atom. The smallest absolute Gasteiger partial charge is 0.412 e. The topological polar surface area (TPSA) is 88.7 Å². The van der Waals surface area contributed by atoms with Gasteiger partial charge in [0.1, 0.15) is 5.60 Å². The Bertz CT molecular complexity index is 354. The molecule has 0 radical (unpaired) electrons. The molecule has 0 aliphatic rings. The lowest BCUT2D eigenvalue weighted by molar-refractivity contribution is 0.0549. The van der Waals surface area contributed by atoms with Crippen LogP contribution in [0.2, 0.25) is 0 Å². The Morgan fingerprint density at radius 2 is 2.05 bits per heavy atom. The lowest BCUT2D eigenvalue weighted by Gasteiger charge is -2.19. The van der Waals surface area contributed by atoms with Crippen LogP contribution in [0.5, 0.6) is 0 Å². The van der Waals surface area contributed by atoms with E-state index >= 15 is 0 Å². The van der Waals surface area contributed by atoms with Crippen molar-refractivity contribution < 1.29 is 9.53 Å². The maximum Gasteiger partial charge on any atom is 0.412 e. The number of allylic oxidation sites excluding steroid dienone is 1. The van der Waals surface area contributed by atoms with E-state index in [4.69, 9.17) is 10.5 Å². The van der Waals surface area contributed by atoms with Gasteiger partial charge in [-0.05, 0) is 27.8 Å². The van der Waals surface area contributed by atoms with Gasteiger partial charge in [0, 0.05) is 19.0 Å². The Morgan fingerprint density at radius 1 is 1.37 bits per heavy atom. The largest absolute Gasteiger partial charge is 0.444 e. The van der Waals surface area contributed by atoms with E-state index in [1.165, 1.54) is 12.4 Å². The molecule has 0 aliphatic carbocycles. The minimum absolute atomic E-state index is 0.399. The molecule has 0 saturated heterocycles. The minimum Gasteiger partial charge on any atom is -0.444 e. The van der Waals surface area contributed by atoms with E-state index in [-0.39, 0.29) is 0 Å². The summed E-state index contributed by atoms with van der Waals surface area (Å²) in [5.74, 6) is 0. The van der Waals surface area contributed by atoms with Gasteiger partial charge in [0.05, 0.1) is 12.2 Å². The lowest BCUT2D eigenvalue weighted by Crippen LogP contribution is -2.32. The molecule has 19 heavy (non-hydrogen) atoms. The number of aliphatic imine (C=N–C) groups is 1. The highest BCUT2D eigenvalue weighted by Gasteiger charge is 2.16. The Balaban J connectivity index is 4.16. The molecule has 0 unspecified atom stereocenters. The number of likely N-dealkylation sites (N-methyl/N-ethyl adjacent to an activating group) is 1. The number of nitrogens with zero attached hydrogens (tertiary/aromatic N) is 1. The van der Waals surface area contributed by atoms with Gasteiger partial charge in [-0.3, -0.25) is 10.3 Å². The summed E-state index contributed by atoms with van der Waals surface area (Å²) in [6.45, 7) is 6.69. The van der Waals surface area contributed by atoms with Gasteiger partial charge in [-0.15, -0.1) is 0 Å². The second kappa shape index (κ2) is 9.16. The number of carbonyl (C=O) groups is 1. The van der Waals surface area contributed by atoms with E-state index in [9.17, 15) is 4.79 Å². The molecule has 0 rings (SSSR count). The van der Waals surface area contributed by atoms with Crippen LogP contribution < -0.4 is 16.4 Å². The Hall–Kier alpha value is -1.82. The molecule has 0 aromatic heterocycles. The van der Waals surface area contributed by atoms with Crippen LogP contribution in [0.25, 0.3) is 0 Å². The van der Waals surface area contributed by atoms with Crippen molar-refractivity contribution in [2.75, 3.05) is 20.1 Å². The number of hydrogen-bond acceptors (Lipinski definition) is 5. The zero-order valence-electron chi connectivity index (χ0n) is 12.1. The molecule has 108 valence electrons. The van der Waals surface area contributed by atoms with E-state index in [1.807, 2.05) is 19.2 Å². The van der Waals surface area contributed by atoms with Gasteiger partial charge in [0.2, 0.25) is 0 Å². The van der Waals surface area contributed by atoms with Gasteiger partial charge in [-0.1, -0.05) is 12.2 Å². The first-order chi connectivity index (χ1) is 8.89. The van der Waals surface area contributed by atoms with Crippen molar-refractivity contribution in [3.8, 4) is 0 Å². The molecule has 0 fully saturated rings. The van der Waals surface area contributed by atoms with Crippen molar-refractivity contribution >= 4 is 12.3 Å². The van der Waals surface area contributed by atoms with Crippen LogP contribution >= 0.6 is 0 Å². The van der Waals surface area contributed by atoms with Crippen LogP contribution in [-0.4, -0.2) is 38.0 Å². The Kier molecular flexibility index (Phi) is 8.28. The summed E-state index contributed by atoms with van der Waals surface area (Å²) in [5.41, 5.74) is 5.25. The molecular formula is C13H24N4O2. The second-order valence-corrected chi connectivity index (χ2v) is 4.77. The molecule has 6 heteroatoms. The number of nitrogens with one attached hydrogen (secondary N) is 2. The van der Waals surface area contributed by atoms with E-state index in [0.29, 0.717) is 12.2 Å². The molecule has 1 amide bonds. The number of carbonyl (C=O) groups excluding carboxylic acids is 1. The SMILES string of the molecule is CNC/C=C/CN=C/C(=C\N)NC(=O)OC(C)(C)C. The predicted molar refractivity (Wildman–Crippen MR) is 78.1 cm³/mol. The van der Waals surface area contributed by atoms with Gasteiger partial charge in [0.15, 0.2) is 0 Å².